The molecule has 0 saturated heterocycles. The molecule has 30 heavy (non-hydrogen) atoms. The van der Waals surface area contributed by atoms with E-state index in [1.165, 1.54) is 21.7 Å². The van der Waals surface area contributed by atoms with Crippen LogP contribution in [-0.4, -0.2) is 13.5 Å². The second-order valence-corrected chi connectivity index (χ2v) is 14.3. The van der Waals surface area contributed by atoms with E-state index in [0.29, 0.717) is 11.2 Å². The van der Waals surface area contributed by atoms with Gasteiger partial charge in [0.25, 0.3) is 0 Å². The van der Waals surface area contributed by atoms with E-state index >= 15 is 0 Å². The Bertz CT molecular complexity index is 817. The van der Waals surface area contributed by atoms with Crippen LogP contribution in [0.25, 0.3) is 4.98 Å². The van der Waals surface area contributed by atoms with Crippen molar-refractivity contribution >= 4 is 25.7 Å². The first-order chi connectivity index (χ1) is 12.3. The summed E-state index contributed by atoms with van der Waals surface area (Å²) >= 11 is 2.14. The maximum absolute atomic E-state index is 5.51. The third-order valence-corrected chi connectivity index (χ3v) is 11.9. The first-order valence-electron chi connectivity index (χ1n) is 9.86. The van der Waals surface area contributed by atoms with Gasteiger partial charge in [-0.1, -0.05) is 74.5 Å². The van der Waals surface area contributed by atoms with E-state index in [9.17, 15) is 0 Å². The fraction of sp³-hybridized carbons (Fsp3) is 0.423. The monoisotopic (exact) mass is 473 g/mol. The summed E-state index contributed by atoms with van der Waals surface area (Å²) in [7, 11) is -1.80. The SMILES string of the molecule is Cc1cccc(C)c1[N-][Si](C)(C)C1C(C)C(C)C2c3ccccc3SC21.[CH3-].[CH3-].[CH3-].[Ti+4]. The molecule has 0 radical (unpaired) electrons. The van der Waals surface area contributed by atoms with Crippen molar-refractivity contribution in [2.24, 2.45) is 11.8 Å². The largest absolute Gasteiger partial charge is 4.00 e. The number of rotatable bonds is 3. The van der Waals surface area contributed by atoms with Crippen LogP contribution >= 0.6 is 11.8 Å². The molecule has 4 heteroatoms. The summed E-state index contributed by atoms with van der Waals surface area (Å²) in [5.74, 6) is 2.18. The molecular weight excluding hydrogens is 434 g/mol. The Kier molecular flexibility index (Phi) is 10.7. The smallest absolute Gasteiger partial charge is 0.686 e. The summed E-state index contributed by atoms with van der Waals surface area (Å²) in [4.78, 5) is 7.02. The summed E-state index contributed by atoms with van der Waals surface area (Å²) in [6.07, 6.45) is 0. The Balaban J connectivity index is 0.00000210. The molecule has 1 aliphatic carbocycles. The van der Waals surface area contributed by atoms with E-state index in [2.05, 4.69) is 95.0 Å². The van der Waals surface area contributed by atoms with Crippen molar-refractivity contribution in [3.63, 3.8) is 0 Å². The van der Waals surface area contributed by atoms with Gasteiger partial charge in [0.1, 0.15) is 0 Å². The summed E-state index contributed by atoms with van der Waals surface area (Å²) in [6, 6.07) is 15.7. The fourth-order valence-corrected chi connectivity index (χ4v) is 12.1. The van der Waals surface area contributed by atoms with Gasteiger partial charge in [-0.15, -0.1) is 17.4 Å². The molecule has 2 aromatic rings. The van der Waals surface area contributed by atoms with Crippen LogP contribution in [0.1, 0.15) is 36.5 Å². The zero-order chi connectivity index (χ0) is 18.6. The average Bonchev–Trinajstić information content (AvgIpc) is 3.07. The van der Waals surface area contributed by atoms with Crippen LogP contribution in [-0.2, 0) is 21.7 Å². The summed E-state index contributed by atoms with van der Waals surface area (Å²) in [6.45, 7) is 14.4. The molecule has 5 unspecified atom stereocenters. The van der Waals surface area contributed by atoms with Crippen molar-refractivity contribution in [3.05, 3.63) is 86.4 Å². The maximum Gasteiger partial charge on any atom is 4.00 e. The summed E-state index contributed by atoms with van der Waals surface area (Å²) < 4.78 is 0. The van der Waals surface area contributed by atoms with Gasteiger partial charge in [-0.05, 0) is 57.0 Å². The normalized spacial score (nSPS) is 26.1. The van der Waals surface area contributed by atoms with E-state index in [1.54, 1.807) is 5.56 Å². The second-order valence-electron chi connectivity index (χ2n) is 8.90. The number of hydrogen-bond acceptors (Lipinski definition) is 1. The Morgan fingerprint density at radius 3 is 2.00 bits per heavy atom. The summed E-state index contributed by atoms with van der Waals surface area (Å²) in [5, 5.41) is 0.701. The minimum Gasteiger partial charge on any atom is -0.686 e. The topological polar surface area (TPSA) is 14.1 Å². The van der Waals surface area contributed by atoms with Gasteiger partial charge in [-0.3, -0.25) is 0 Å². The zero-order valence-corrected chi connectivity index (χ0v) is 23.7. The molecule has 1 heterocycles. The van der Waals surface area contributed by atoms with Gasteiger partial charge in [0.2, 0.25) is 0 Å². The fourth-order valence-electron chi connectivity index (χ4n) is 5.48. The van der Waals surface area contributed by atoms with Crippen LogP contribution in [0, 0.1) is 48.0 Å². The average molecular weight is 474 g/mol. The Morgan fingerprint density at radius 1 is 0.833 bits per heavy atom. The predicted octanol–water partition coefficient (Wildman–Crippen LogP) is 8.78. The summed E-state index contributed by atoms with van der Waals surface area (Å²) in [5.41, 5.74) is 6.22. The molecule has 1 nitrogen and oxygen atoms in total. The second kappa shape index (κ2) is 10.9. The number of aryl methyl sites for hydroxylation is 2. The molecule has 0 aromatic heterocycles. The number of benzene rings is 2. The predicted molar refractivity (Wildman–Crippen MR) is 137 cm³/mol. The molecule has 0 bridgehead atoms. The number of fused-ring (bicyclic) bond motifs is 3. The van der Waals surface area contributed by atoms with E-state index in [1.807, 2.05) is 0 Å². The number of hydrogen-bond donors (Lipinski definition) is 0. The Morgan fingerprint density at radius 2 is 1.40 bits per heavy atom. The number of nitrogens with zero attached hydrogens (tertiary/aromatic N) is 1. The van der Waals surface area contributed by atoms with E-state index in [-0.39, 0.29) is 44.0 Å². The molecule has 5 atom stereocenters. The van der Waals surface area contributed by atoms with Crippen molar-refractivity contribution in [3.8, 4) is 0 Å². The molecule has 2 aliphatic rings. The maximum atomic E-state index is 5.51. The molecule has 0 amide bonds. The van der Waals surface area contributed by atoms with Gasteiger partial charge < -0.3 is 27.3 Å². The van der Waals surface area contributed by atoms with Crippen molar-refractivity contribution in [2.45, 2.75) is 62.4 Å². The van der Waals surface area contributed by atoms with Crippen molar-refractivity contribution in [1.29, 1.82) is 0 Å². The van der Waals surface area contributed by atoms with Crippen LogP contribution in [0.5, 0.6) is 0 Å². The minimum absolute atomic E-state index is 0. The Hall–Kier alpha value is -0.479. The molecule has 162 valence electrons. The first kappa shape index (κ1) is 29.5. The van der Waals surface area contributed by atoms with E-state index in [4.69, 9.17) is 4.98 Å². The van der Waals surface area contributed by atoms with Gasteiger partial charge in [0.05, 0.1) is 0 Å². The van der Waals surface area contributed by atoms with Crippen LogP contribution < -0.4 is 0 Å². The zero-order valence-electron chi connectivity index (χ0n) is 20.3. The molecule has 1 saturated carbocycles. The third kappa shape index (κ3) is 4.80. The van der Waals surface area contributed by atoms with Gasteiger partial charge in [0, 0.05) is 10.1 Å². The van der Waals surface area contributed by atoms with E-state index < -0.39 is 8.24 Å². The van der Waals surface area contributed by atoms with Crippen LogP contribution in [0.4, 0.5) is 5.69 Å². The van der Waals surface area contributed by atoms with Crippen LogP contribution in [0.3, 0.4) is 0 Å². The molecule has 1 fully saturated rings. The van der Waals surface area contributed by atoms with Crippen molar-refractivity contribution in [2.75, 3.05) is 0 Å². The first-order valence-corrected chi connectivity index (χ1v) is 13.8. The van der Waals surface area contributed by atoms with E-state index in [0.717, 1.165) is 17.4 Å². The molecule has 2 aromatic carbocycles. The van der Waals surface area contributed by atoms with Gasteiger partial charge in [-0.25, -0.2) is 0 Å². The van der Waals surface area contributed by atoms with Crippen LogP contribution in [0.2, 0.25) is 18.6 Å². The standard InChI is InChI=1S/C23H30NSSi.3CH3.Ti/c1-14-10-9-11-15(2)21(14)24-26(5,6)23-17(4)16(3)20-18-12-7-8-13-19(18)25-22(20)23;;;;/h7-13,16-17,20,22-23H,1-6H3;3*1H3;/q4*-1;+4. The van der Waals surface area contributed by atoms with Gasteiger partial charge >= 0.3 is 21.7 Å². The van der Waals surface area contributed by atoms with Gasteiger partial charge in [0.15, 0.2) is 0 Å². The molecule has 0 spiro atoms. The van der Waals surface area contributed by atoms with Crippen molar-refractivity contribution in [1.82, 2.24) is 0 Å². The third-order valence-electron chi connectivity index (χ3n) is 6.87. The number of thioether (sulfide) groups is 1. The Labute approximate surface area is 207 Å². The van der Waals surface area contributed by atoms with Gasteiger partial charge in [-0.2, -0.15) is 0 Å². The quantitative estimate of drug-likeness (QED) is 0.321. The minimum atomic E-state index is -1.80. The molecule has 1 aliphatic heterocycles. The van der Waals surface area contributed by atoms with Crippen molar-refractivity contribution < 1.29 is 21.7 Å². The molecule has 0 N–H and O–H groups in total. The molecule has 4 rings (SSSR count). The molecular formula is C26H39NSSiTi. The van der Waals surface area contributed by atoms with Crippen LogP contribution in [0.15, 0.2) is 47.4 Å².